The van der Waals surface area contributed by atoms with Crippen molar-refractivity contribution in [3.63, 3.8) is 0 Å². The molecule has 1 aromatic heterocycles. The molecule has 0 saturated heterocycles. The second-order valence-corrected chi connectivity index (χ2v) is 4.36. The Kier molecular flexibility index (Phi) is 4.02. The maximum atomic E-state index is 12.1. The maximum absolute atomic E-state index is 12.1. The first-order chi connectivity index (χ1) is 9.10. The van der Waals surface area contributed by atoms with E-state index in [0.29, 0.717) is 27.8 Å². The number of ether oxygens (including phenoxy) is 1. The van der Waals surface area contributed by atoms with Gasteiger partial charge in [0.05, 0.1) is 12.8 Å². The Morgan fingerprint density at radius 1 is 1.32 bits per heavy atom. The van der Waals surface area contributed by atoms with Gasteiger partial charge < -0.3 is 10.1 Å². The number of amides is 1. The van der Waals surface area contributed by atoms with Gasteiger partial charge in [-0.2, -0.15) is 0 Å². The van der Waals surface area contributed by atoms with E-state index < -0.39 is 0 Å². The number of halogens is 1. The van der Waals surface area contributed by atoms with Gasteiger partial charge >= 0.3 is 0 Å². The Labute approximate surface area is 116 Å². The number of aromatic nitrogens is 1. The number of rotatable bonds is 3. The van der Waals surface area contributed by atoms with E-state index in [4.69, 9.17) is 16.3 Å². The molecule has 2 rings (SSSR count). The van der Waals surface area contributed by atoms with Crippen LogP contribution in [0, 0.1) is 6.92 Å². The van der Waals surface area contributed by atoms with Gasteiger partial charge in [0.15, 0.2) is 0 Å². The number of methoxy groups -OCH3 is 1. The van der Waals surface area contributed by atoms with Gasteiger partial charge in [-0.25, -0.2) is 4.98 Å². The highest BCUT2D eigenvalue weighted by atomic mass is 35.5. The van der Waals surface area contributed by atoms with Crippen LogP contribution in [-0.4, -0.2) is 18.0 Å². The summed E-state index contributed by atoms with van der Waals surface area (Å²) < 4.78 is 5.18. The molecule has 1 heterocycles. The topological polar surface area (TPSA) is 51.2 Å². The normalized spacial score (nSPS) is 10.1. The van der Waals surface area contributed by atoms with Gasteiger partial charge in [-0.1, -0.05) is 23.7 Å². The lowest BCUT2D eigenvalue weighted by Gasteiger charge is -2.10. The number of carbonyl (C=O) groups is 1. The Bertz CT molecular complexity index is 594. The second kappa shape index (κ2) is 5.71. The van der Waals surface area contributed by atoms with Gasteiger partial charge in [-0.3, -0.25) is 4.79 Å². The molecule has 1 aromatic carbocycles. The van der Waals surface area contributed by atoms with Crippen molar-refractivity contribution in [2.45, 2.75) is 6.92 Å². The highest BCUT2D eigenvalue weighted by Crippen LogP contribution is 2.24. The molecular formula is C14H13ClN2O2. The van der Waals surface area contributed by atoms with Crippen LogP contribution in [0.3, 0.4) is 0 Å². The SMILES string of the molecule is COc1ccccc1NC(=O)c1cc(C)nc(Cl)c1. The van der Waals surface area contributed by atoms with E-state index in [1.165, 1.54) is 6.07 Å². The number of aryl methyl sites for hydroxylation is 1. The van der Waals surface area contributed by atoms with Crippen LogP contribution in [0.1, 0.15) is 16.1 Å². The van der Waals surface area contributed by atoms with Crippen LogP contribution in [0.15, 0.2) is 36.4 Å². The van der Waals surface area contributed by atoms with E-state index in [0.717, 1.165) is 0 Å². The lowest BCUT2D eigenvalue weighted by molar-refractivity contribution is 0.102. The predicted molar refractivity (Wildman–Crippen MR) is 74.9 cm³/mol. The van der Waals surface area contributed by atoms with E-state index in [9.17, 15) is 4.79 Å². The molecule has 5 heteroatoms. The smallest absolute Gasteiger partial charge is 0.255 e. The molecular weight excluding hydrogens is 264 g/mol. The highest BCUT2D eigenvalue weighted by Gasteiger charge is 2.10. The summed E-state index contributed by atoms with van der Waals surface area (Å²) in [6, 6.07) is 10.4. The Balaban J connectivity index is 2.25. The molecule has 0 fully saturated rings. The number of anilines is 1. The monoisotopic (exact) mass is 276 g/mol. The number of benzene rings is 1. The lowest BCUT2D eigenvalue weighted by atomic mass is 10.2. The first kappa shape index (κ1) is 13.4. The van der Waals surface area contributed by atoms with Crippen molar-refractivity contribution < 1.29 is 9.53 Å². The van der Waals surface area contributed by atoms with Crippen LogP contribution in [0.4, 0.5) is 5.69 Å². The molecule has 0 spiro atoms. The molecule has 0 aliphatic rings. The minimum Gasteiger partial charge on any atom is -0.495 e. The highest BCUT2D eigenvalue weighted by molar-refractivity contribution is 6.29. The van der Waals surface area contributed by atoms with Crippen molar-refractivity contribution in [3.05, 3.63) is 52.8 Å². The van der Waals surface area contributed by atoms with Crippen molar-refractivity contribution in [3.8, 4) is 5.75 Å². The average molecular weight is 277 g/mol. The molecule has 1 amide bonds. The summed E-state index contributed by atoms with van der Waals surface area (Å²) in [5, 5.41) is 3.08. The zero-order valence-corrected chi connectivity index (χ0v) is 11.4. The molecule has 0 saturated carbocycles. The number of pyridine rings is 1. The molecule has 0 aliphatic carbocycles. The summed E-state index contributed by atoms with van der Waals surface area (Å²) >= 11 is 5.84. The zero-order valence-electron chi connectivity index (χ0n) is 10.6. The fourth-order valence-corrected chi connectivity index (χ4v) is 1.95. The third kappa shape index (κ3) is 3.23. The molecule has 1 N–H and O–H groups in total. The van der Waals surface area contributed by atoms with Crippen molar-refractivity contribution in [2.24, 2.45) is 0 Å². The van der Waals surface area contributed by atoms with E-state index in [-0.39, 0.29) is 5.91 Å². The van der Waals surface area contributed by atoms with Gasteiger partial charge in [-0.15, -0.1) is 0 Å². The molecule has 0 radical (unpaired) electrons. The van der Waals surface area contributed by atoms with Gasteiger partial charge in [0.2, 0.25) is 0 Å². The fraction of sp³-hybridized carbons (Fsp3) is 0.143. The van der Waals surface area contributed by atoms with Crippen molar-refractivity contribution in [2.75, 3.05) is 12.4 Å². The zero-order chi connectivity index (χ0) is 13.8. The lowest BCUT2D eigenvalue weighted by Crippen LogP contribution is -2.13. The number of para-hydroxylation sites is 2. The summed E-state index contributed by atoms with van der Waals surface area (Å²) in [5.74, 6) is 0.352. The Hall–Kier alpha value is -2.07. The average Bonchev–Trinajstić information content (AvgIpc) is 2.38. The summed E-state index contributed by atoms with van der Waals surface area (Å²) in [5.41, 5.74) is 1.77. The molecule has 0 unspecified atom stereocenters. The summed E-state index contributed by atoms with van der Waals surface area (Å²) in [6.45, 7) is 1.78. The van der Waals surface area contributed by atoms with Crippen molar-refractivity contribution in [1.82, 2.24) is 4.98 Å². The molecule has 19 heavy (non-hydrogen) atoms. The van der Waals surface area contributed by atoms with Gasteiger partial charge in [0.1, 0.15) is 10.9 Å². The Morgan fingerprint density at radius 2 is 2.05 bits per heavy atom. The number of hydrogen-bond donors (Lipinski definition) is 1. The van der Waals surface area contributed by atoms with E-state index in [2.05, 4.69) is 10.3 Å². The summed E-state index contributed by atoms with van der Waals surface area (Å²) in [7, 11) is 1.55. The Morgan fingerprint density at radius 3 is 2.74 bits per heavy atom. The molecule has 2 aromatic rings. The third-order valence-corrected chi connectivity index (χ3v) is 2.73. The van der Waals surface area contributed by atoms with Crippen molar-refractivity contribution in [1.29, 1.82) is 0 Å². The van der Waals surface area contributed by atoms with Crippen LogP contribution in [0.5, 0.6) is 5.75 Å². The number of nitrogens with zero attached hydrogens (tertiary/aromatic N) is 1. The van der Waals surface area contributed by atoms with Crippen LogP contribution >= 0.6 is 11.6 Å². The van der Waals surface area contributed by atoms with E-state index >= 15 is 0 Å². The maximum Gasteiger partial charge on any atom is 0.255 e. The standard InChI is InChI=1S/C14H13ClN2O2/c1-9-7-10(8-13(15)16-9)14(18)17-11-5-3-4-6-12(11)19-2/h3-8H,1-2H3,(H,17,18). The quantitative estimate of drug-likeness (QED) is 0.875. The molecule has 0 atom stereocenters. The second-order valence-electron chi connectivity index (χ2n) is 3.97. The molecule has 4 nitrogen and oxygen atoms in total. The van der Waals surface area contributed by atoms with Crippen LogP contribution in [-0.2, 0) is 0 Å². The fourth-order valence-electron chi connectivity index (χ4n) is 1.70. The first-order valence-electron chi connectivity index (χ1n) is 5.68. The van der Waals surface area contributed by atoms with Gasteiger partial charge in [-0.05, 0) is 31.2 Å². The largest absolute Gasteiger partial charge is 0.495 e. The van der Waals surface area contributed by atoms with Crippen LogP contribution in [0.2, 0.25) is 5.15 Å². The number of nitrogens with one attached hydrogen (secondary N) is 1. The molecule has 98 valence electrons. The number of hydrogen-bond acceptors (Lipinski definition) is 3. The van der Waals surface area contributed by atoms with Gasteiger partial charge in [0.25, 0.3) is 5.91 Å². The van der Waals surface area contributed by atoms with Crippen molar-refractivity contribution >= 4 is 23.2 Å². The third-order valence-electron chi connectivity index (χ3n) is 2.54. The predicted octanol–water partition coefficient (Wildman–Crippen LogP) is 3.30. The summed E-state index contributed by atoms with van der Waals surface area (Å²) in [4.78, 5) is 16.2. The van der Waals surface area contributed by atoms with Crippen LogP contribution in [0.25, 0.3) is 0 Å². The van der Waals surface area contributed by atoms with E-state index in [1.54, 1.807) is 32.2 Å². The summed E-state index contributed by atoms with van der Waals surface area (Å²) in [6.07, 6.45) is 0. The minimum atomic E-state index is -0.253. The minimum absolute atomic E-state index is 0.253. The van der Waals surface area contributed by atoms with Gasteiger partial charge in [0, 0.05) is 11.3 Å². The van der Waals surface area contributed by atoms with E-state index in [1.807, 2.05) is 12.1 Å². The first-order valence-corrected chi connectivity index (χ1v) is 6.06. The molecule has 0 aliphatic heterocycles. The number of carbonyl (C=O) groups excluding carboxylic acids is 1. The van der Waals surface area contributed by atoms with Crippen LogP contribution < -0.4 is 10.1 Å². The molecule has 0 bridgehead atoms.